The van der Waals surface area contributed by atoms with Crippen LogP contribution in [-0.4, -0.2) is 23.9 Å². The first kappa shape index (κ1) is 9.94. The number of hydrogen-bond donors (Lipinski definition) is 0. The highest BCUT2D eigenvalue weighted by Gasteiger charge is 2.36. The lowest BCUT2D eigenvalue weighted by molar-refractivity contribution is 0.0783. The molecule has 3 heteroatoms. The lowest BCUT2D eigenvalue weighted by atomic mass is 9.82. The number of hydrogen-bond acceptors (Lipinski definition) is 2. The second kappa shape index (κ2) is 3.96. The van der Waals surface area contributed by atoms with Crippen LogP contribution >= 0.6 is 0 Å². The van der Waals surface area contributed by atoms with Crippen molar-refractivity contribution in [2.45, 2.75) is 25.7 Å². The van der Waals surface area contributed by atoms with E-state index in [9.17, 15) is 4.79 Å². The molecule has 2 unspecified atom stereocenters. The zero-order chi connectivity index (χ0) is 11.0. The molecule has 16 heavy (non-hydrogen) atoms. The fraction of sp³-hybridized carbons (Fsp3) is 0.615. The molecule has 1 aromatic rings. The molecular formula is C13H17NO2. The van der Waals surface area contributed by atoms with Crippen LogP contribution in [0.4, 0.5) is 0 Å². The van der Waals surface area contributed by atoms with Crippen molar-refractivity contribution in [2.75, 3.05) is 13.1 Å². The molecule has 1 saturated heterocycles. The summed E-state index contributed by atoms with van der Waals surface area (Å²) in [7, 11) is 0. The number of likely N-dealkylation sites (tertiary alicyclic amines) is 1. The molecule has 0 bridgehead atoms. The first-order chi connectivity index (χ1) is 7.84. The van der Waals surface area contributed by atoms with Gasteiger partial charge in [-0.1, -0.05) is 12.8 Å². The molecule has 3 nitrogen and oxygen atoms in total. The number of fused-ring (bicyclic) bond motifs is 1. The summed E-state index contributed by atoms with van der Waals surface area (Å²) < 4.78 is 4.97. The van der Waals surface area contributed by atoms with E-state index in [1.54, 1.807) is 18.6 Å². The second-order valence-electron chi connectivity index (χ2n) is 5.03. The highest BCUT2D eigenvalue weighted by molar-refractivity contribution is 5.94. The summed E-state index contributed by atoms with van der Waals surface area (Å²) in [4.78, 5) is 14.1. The molecule has 86 valence electrons. The van der Waals surface area contributed by atoms with Crippen LogP contribution in [0.5, 0.6) is 0 Å². The van der Waals surface area contributed by atoms with Crippen LogP contribution in [0.3, 0.4) is 0 Å². The molecule has 2 heterocycles. The van der Waals surface area contributed by atoms with E-state index in [0.717, 1.165) is 24.9 Å². The Kier molecular flexibility index (Phi) is 2.46. The van der Waals surface area contributed by atoms with Gasteiger partial charge in [0.15, 0.2) is 0 Å². The highest BCUT2D eigenvalue weighted by atomic mass is 16.3. The quantitative estimate of drug-likeness (QED) is 0.727. The number of rotatable bonds is 1. The van der Waals surface area contributed by atoms with Crippen molar-refractivity contribution >= 4 is 5.91 Å². The van der Waals surface area contributed by atoms with Crippen molar-refractivity contribution in [3.05, 3.63) is 24.2 Å². The average molecular weight is 219 g/mol. The summed E-state index contributed by atoms with van der Waals surface area (Å²) in [6.45, 7) is 1.91. The van der Waals surface area contributed by atoms with Crippen LogP contribution in [0.15, 0.2) is 23.0 Å². The van der Waals surface area contributed by atoms with Crippen LogP contribution in [0.1, 0.15) is 36.0 Å². The molecule has 1 aliphatic heterocycles. The Hall–Kier alpha value is -1.25. The van der Waals surface area contributed by atoms with Crippen LogP contribution in [-0.2, 0) is 0 Å². The Morgan fingerprint density at radius 2 is 1.94 bits per heavy atom. The van der Waals surface area contributed by atoms with E-state index < -0.39 is 0 Å². The summed E-state index contributed by atoms with van der Waals surface area (Å²) in [5, 5.41) is 0. The summed E-state index contributed by atoms with van der Waals surface area (Å²) in [5.74, 6) is 1.65. The average Bonchev–Trinajstić information content (AvgIpc) is 2.97. The first-order valence-electron chi connectivity index (χ1n) is 6.16. The maximum Gasteiger partial charge on any atom is 0.257 e. The van der Waals surface area contributed by atoms with Gasteiger partial charge in [-0.25, -0.2) is 0 Å². The van der Waals surface area contributed by atoms with Gasteiger partial charge in [0, 0.05) is 13.1 Å². The van der Waals surface area contributed by atoms with Gasteiger partial charge in [-0.05, 0) is 30.7 Å². The van der Waals surface area contributed by atoms with E-state index in [-0.39, 0.29) is 5.91 Å². The molecule has 1 aliphatic carbocycles. The van der Waals surface area contributed by atoms with E-state index >= 15 is 0 Å². The molecule has 0 N–H and O–H groups in total. The summed E-state index contributed by atoms with van der Waals surface area (Å²) in [6.07, 6.45) is 8.41. The van der Waals surface area contributed by atoms with Crippen molar-refractivity contribution in [3.8, 4) is 0 Å². The Morgan fingerprint density at radius 1 is 1.25 bits per heavy atom. The van der Waals surface area contributed by atoms with E-state index in [4.69, 9.17) is 4.42 Å². The molecule has 1 amide bonds. The van der Waals surface area contributed by atoms with Crippen molar-refractivity contribution in [1.29, 1.82) is 0 Å². The first-order valence-corrected chi connectivity index (χ1v) is 6.16. The maximum atomic E-state index is 12.1. The van der Waals surface area contributed by atoms with Gasteiger partial charge in [-0.3, -0.25) is 4.79 Å². The number of furan rings is 1. The van der Waals surface area contributed by atoms with Crippen molar-refractivity contribution < 1.29 is 9.21 Å². The SMILES string of the molecule is O=C(c1ccoc1)N1CC2CCCCC2C1. The van der Waals surface area contributed by atoms with E-state index in [1.165, 1.54) is 25.7 Å². The molecule has 3 rings (SSSR count). The van der Waals surface area contributed by atoms with Gasteiger partial charge in [-0.15, -0.1) is 0 Å². The number of amides is 1. The molecule has 0 radical (unpaired) electrons. The fourth-order valence-corrected chi connectivity index (χ4v) is 3.14. The molecule has 1 aromatic heterocycles. The monoisotopic (exact) mass is 219 g/mol. The molecule has 2 fully saturated rings. The van der Waals surface area contributed by atoms with Crippen LogP contribution in [0.25, 0.3) is 0 Å². The van der Waals surface area contributed by atoms with E-state index in [2.05, 4.69) is 0 Å². The van der Waals surface area contributed by atoms with Gasteiger partial charge in [0.05, 0.1) is 11.8 Å². The topological polar surface area (TPSA) is 33.5 Å². The van der Waals surface area contributed by atoms with Gasteiger partial charge in [-0.2, -0.15) is 0 Å². The number of carbonyl (C=O) groups is 1. The fourth-order valence-electron chi connectivity index (χ4n) is 3.14. The van der Waals surface area contributed by atoms with Gasteiger partial charge in [0.2, 0.25) is 0 Å². The third-order valence-corrected chi connectivity index (χ3v) is 4.03. The zero-order valence-electron chi connectivity index (χ0n) is 9.39. The molecule has 2 atom stereocenters. The molecule has 1 saturated carbocycles. The van der Waals surface area contributed by atoms with Crippen molar-refractivity contribution in [1.82, 2.24) is 4.90 Å². The van der Waals surface area contributed by atoms with Gasteiger partial charge in [0.25, 0.3) is 5.91 Å². The number of carbonyl (C=O) groups excluding carboxylic acids is 1. The lowest BCUT2D eigenvalue weighted by Crippen LogP contribution is -2.28. The minimum atomic E-state index is 0.142. The molecule has 0 spiro atoms. The maximum absolute atomic E-state index is 12.1. The standard InChI is InChI=1S/C13H17NO2/c15-13(12-5-6-16-9-12)14-7-10-3-1-2-4-11(10)8-14/h5-6,9-11H,1-4,7-8H2. The zero-order valence-corrected chi connectivity index (χ0v) is 9.39. The predicted molar refractivity (Wildman–Crippen MR) is 60.1 cm³/mol. The summed E-state index contributed by atoms with van der Waals surface area (Å²) in [6, 6.07) is 1.75. The highest BCUT2D eigenvalue weighted by Crippen LogP contribution is 2.36. The van der Waals surface area contributed by atoms with Crippen molar-refractivity contribution in [2.24, 2.45) is 11.8 Å². The third kappa shape index (κ3) is 1.64. The lowest BCUT2D eigenvalue weighted by Gasteiger charge is -2.22. The minimum Gasteiger partial charge on any atom is -0.472 e. The minimum absolute atomic E-state index is 0.142. The Balaban J connectivity index is 1.71. The Morgan fingerprint density at radius 3 is 2.50 bits per heavy atom. The Bertz CT molecular complexity index is 357. The molecule has 0 aromatic carbocycles. The molecule has 2 aliphatic rings. The smallest absolute Gasteiger partial charge is 0.257 e. The van der Waals surface area contributed by atoms with Crippen LogP contribution in [0, 0.1) is 11.8 Å². The van der Waals surface area contributed by atoms with E-state index in [1.807, 2.05) is 4.90 Å². The largest absolute Gasteiger partial charge is 0.472 e. The third-order valence-electron chi connectivity index (χ3n) is 4.03. The number of nitrogens with zero attached hydrogens (tertiary/aromatic N) is 1. The van der Waals surface area contributed by atoms with Gasteiger partial charge < -0.3 is 9.32 Å². The van der Waals surface area contributed by atoms with Crippen LogP contribution in [0.2, 0.25) is 0 Å². The van der Waals surface area contributed by atoms with Crippen molar-refractivity contribution in [3.63, 3.8) is 0 Å². The predicted octanol–water partition coefficient (Wildman–Crippen LogP) is 2.54. The van der Waals surface area contributed by atoms with Crippen LogP contribution < -0.4 is 0 Å². The van der Waals surface area contributed by atoms with Gasteiger partial charge in [0.1, 0.15) is 6.26 Å². The van der Waals surface area contributed by atoms with Gasteiger partial charge >= 0.3 is 0 Å². The summed E-state index contributed by atoms with van der Waals surface area (Å²) in [5.41, 5.74) is 0.693. The second-order valence-corrected chi connectivity index (χ2v) is 5.03. The Labute approximate surface area is 95.4 Å². The summed E-state index contributed by atoms with van der Waals surface area (Å²) >= 11 is 0. The normalized spacial score (nSPS) is 29.1. The van der Waals surface area contributed by atoms with E-state index in [0.29, 0.717) is 5.56 Å². The molecular weight excluding hydrogens is 202 g/mol.